The molecule has 0 radical (unpaired) electrons. The summed E-state index contributed by atoms with van der Waals surface area (Å²) in [4.78, 5) is 10.3. The van der Waals surface area contributed by atoms with Crippen molar-refractivity contribution in [2.45, 2.75) is 13.2 Å². The van der Waals surface area contributed by atoms with E-state index >= 15 is 0 Å². The first-order chi connectivity index (χ1) is 12.1. The fourth-order valence-corrected chi connectivity index (χ4v) is 2.20. The van der Waals surface area contributed by atoms with Crippen LogP contribution in [0.2, 0.25) is 0 Å². The van der Waals surface area contributed by atoms with E-state index in [0.29, 0.717) is 36.7 Å². The van der Waals surface area contributed by atoms with Crippen molar-refractivity contribution in [2.75, 3.05) is 20.2 Å². The van der Waals surface area contributed by atoms with Crippen LogP contribution in [0.5, 0.6) is 11.5 Å². The van der Waals surface area contributed by atoms with E-state index in [2.05, 4.69) is 10.6 Å². The fraction of sp³-hybridized carbons (Fsp3) is 0.278. The lowest BCUT2D eigenvalue weighted by molar-refractivity contribution is 0.194. The van der Waals surface area contributed by atoms with Gasteiger partial charge in [-0.05, 0) is 23.8 Å². The van der Waals surface area contributed by atoms with E-state index in [4.69, 9.17) is 14.6 Å². The Morgan fingerprint density at radius 1 is 1.16 bits per heavy atom. The molecular weight excluding hydrogens is 327 g/mol. The molecule has 0 fully saturated rings. The van der Waals surface area contributed by atoms with Crippen molar-refractivity contribution >= 4 is 6.09 Å². The lowest BCUT2D eigenvalue weighted by Crippen LogP contribution is -2.30. The summed E-state index contributed by atoms with van der Waals surface area (Å²) in [7, 11) is 1.54. The molecule has 2 aromatic rings. The summed E-state index contributed by atoms with van der Waals surface area (Å²) in [5, 5.41) is 13.9. The average Bonchev–Trinajstić information content (AvgIpc) is 2.61. The van der Waals surface area contributed by atoms with Gasteiger partial charge < -0.3 is 25.2 Å². The standard InChI is InChI=1S/C18H21FN2O4/c1-24-17-10-13(11-20-8-9-21-18(22)23)6-7-16(17)25-12-14-4-2-3-5-15(14)19/h2-7,10,20-21H,8-9,11-12H2,1H3,(H,22,23). The number of carboxylic acid groups (broad SMARTS) is 1. The van der Waals surface area contributed by atoms with Crippen molar-refractivity contribution in [3.05, 3.63) is 59.4 Å². The zero-order chi connectivity index (χ0) is 18.1. The summed E-state index contributed by atoms with van der Waals surface area (Å²) >= 11 is 0. The first-order valence-electron chi connectivity index (χ1n) is 7.81. The highest BCUT2D eigenvalue weighted by Gasteiger charge is 2.08. The molecule has 0 saturated carbocycles. The summed E-state index contributed by atoms with van der Waals surface area (Å²) < 4.78 is 24.6. The van der Waals surface area contributed by atoms with Crippen molar-refractivity contribution in [1.29, 1.82) is 0 Å². The molecular formula is C18H21FN2O4. The van der Waals surface area contributed by atoms with Gasteiger partial charge in [0.05, 0.1) is 7.11 Å². The van der Waals surface area contributed by atoms with E-state index in [-0.39, 0.29) is 12.4 Å². The van der Waals surface area contributed by atoms with Crippen molar-refractivity contribution in [3.63, 3.8) is 0 Å². The lowest BCUT2D eigenvalue weighted by Gasteiger charge is -2.13. The molecule has 0 aromatic heterocycles. The molecule has 0 aliphatic rings. The summed E-state index contributed by atoms with van der Waals surface area (Å²) in [5.74, 6) is 0.776. The Balaban J connectivity index is 1.90. The Morgan fingerprint density at radius 2 is 1.96 bits per heavy atom. The second-order valence-electron chi connectivity index (χ2n) is 5.27. The average molecular weight is 348 g/mol. The Bertz CT molecular complexity index is 709. The third-order valence-corrected chi connectivity index (χ3v) is 3.48. The van der Waals surface area contributed by atoms with Crippen molar-refractivity contribution in [1.82, 2.24) is 10.6 Å². The Morgan fingerprint density at radius 3 is 2.68 bits per heavy atom. The minimum absolute atomic E-state index is 0.113. The number of nitrogens with one attached hydrogen (secondary N) is 2. The van der Waals surface area contributed by atoms with E-state index in [1.165, 1.54) is 6.07 Å². The molecule has 1 amide bonds. The molecule has 0 atom stereocenters. The second-order valence-corrected chi connectivity index (χ2v) is 5.27. The topological polar surface area (TPSA) is 79.8 Å². The third kappa shape index (κ3) is 5.96. The Hall–Kier alpha value is -2.80. The maximum Gasteiger partial charge on any atom is 0.404 e. The molecule has 6 nitrogen and oxygen atoms in total. The summed E-state index contributed by atoms with van der Waals surface area (Å²) in [5.41, 5.74) is 1.44. The largest absolute Gasteiger partial charge is 0.493 e. The molecule has 134 valence electrons. The van der Waals surface area contributed by atoms with Crippen molar-refractivity contribution in [3.8, 4) is 11.5 Å². The van der Waals surface area contributed by atoms with E-state index in [9.17, 15) is 9.18 Å². The van der Waals surface area contributed by atoms with Gasteiger partial charge in [0.1, 0.15) is 12.4 Å². The molecule has 25 heavy (non-hydrogen) atoms. The molecule has 0 saturated heterocycles. The second kappa shape index (κ2) is 9.48. The minimum Gasteiger partial charge on any atom is -0.493 e. The molecule has 0 bridgehead atoms. The highest BCUT2D eigenvalue weighted by molar-refractivity contribution is 5.64. The molecule has 0 aliphatic carbocycles. The molecule has 2 rings (SSSR count). The van der Waals surface area contributed by atoms with Crippen LogP contribution in [0.1, 0.15) is 11.1 Å². The van der Waals surface area contributed by atoms with Gasteiger partial charge in [0.15, 0.2) is 11.5 Å². The number of rotatable bonds is 9. The minimum atomic E-state index is -1.04. The van der Waals surface area contributed by atoms with E-state index < -0.39 is 6.09 Å². The van der Waals surface area contributed by atoms with Gasteiger partial charge in [0.25, 0.3) is 0 Å². The first kappa shape index (κ1) is 18.5. The maximum atomic E-state index is 13.6. The number of halogens is 1. The number of methoxy groups -OCH3 is 1. The van der Waals surface area contributed by atoms with Crippen LogP contribution in [-0.4, -0.2) is 31.4 Å². The van der Waals surface area contributed by atoms with Crippen LogP contribution in [0, 0.1) is 5.82 Å². The van der Waals surface area contributed by atoms with Gasteiger partial charge >= 0.3 is 6.09 Å². The molecule has 0 unspecified atom stereocenters. The molecule has 0 spiro atoms. The predicted molar refractivity (Wildman–Crippen MR) is 91.5 cm³/mol. The fourth-order valence-electron chi connectivity index (χ4n) is 2.20. The summed E-state index contributed by atoms with van der Waals surface area (Å²) in [6, 6.07) is 11.9. The quantitative estimate of drug-likeness (QED) is 0.607. The number of carbonyl (C=O) groups is 1. The van der Waals surface area contributed by atoms with Gasteiger partial charge in [-0.1, -0.05) is 24.3 Å². The van der Waals surface area contributed by atoms with Crippen LogP contribution in [-0.2, 0) is 13.2 Å². The highest BCUT2D eigenvalue weighted by Crippen LogP contribution is 2.29. The van der Waals surface area contributed by atoms with Crippen LogP contribution in [0.25, 0.3) is 0 Å². The van der Waals surface area contributed by atoms with Crippen LogP contribution in [0.15, 0.2) is 42.5 Å². The van der Waals surface area contributed by atoms with E-state index in [1.54, 1.807) is 31.4 Å². The lowest BCUT2D eigenvalue weighted by atomic mass is 10.2. The first-order valence-corrected chi connectivity index (χ1v) is 7.81. The predicted octanol–water partition coefficient (Wildman–Crippen LogP) is 2.77. The molecule has 3 N–H and O–H groups in total. The number of hydrogen-bond donors (Lipinski definition) is 3. The van der Waals surface area contributed by atoms with Crippen LogP contribution in [0.3, 0.4) is 0 Å². The molecule has 2 aromatic carbocycles. The van der Waals surface area contributed by atoms with Crippen LogP contribution in [0.4, 0.5) is 9.18 Å². The van der Waals surface area contributed by atoms with Gasteiger partial charge in [0.2, 0.25) is 0 Å². The Labute approximate surface area is 145 Å². The van der Waals surface area contributed by atoms with Gasteiger partial charge in [-0.3, -0.25) is 0 Å². The number of benzene rings is 2. The van der Waals surface area contributed by atoms with Crippen LogP contribution >= 0.6 is 0 Å². The molecule has 0 heterocycles. The maximum absolute atomic E-state index is 13.6. The smallest absolute Gasteiger partial charge is 0.404 e. The van der Waals surface area contributed by atoms with Crippen molar-refractivity contribution < 1.29 is 23.8 Å². The number of ether oxygens (including phenoxy) is 2. The van der Waals surface area contributed by atoms with E-state index in [1.807, 2.05) is 12.1 Å². The van der Waals surface area contributed by atoms with E-state index in [0.717, 1.165) is 5.56 Å². The summed E-state index contributed by atoms with van der Waals surface area (Å²) in [6.07, 6.45) is -1.04. The van der Waals surface area contributed by atoms with Gasteiger partial charge in [-0.25, -0.2) is 9.18 Å². The molecule has 0 aliphatic heterocycles. The van der Waals surface area contributed by atoms with Gasteiger partial charge in [-0.15, -0.1) is 0 Å². The number of hydrogen-bond acceptors (Lipinski definition) is 4. The zero-order valence-corrected chi connectivity index (χ0v) is 13.9. The Kier molecular flexibility index (Phi) is 7.03. The van der Waals surface area contributed by atoms with Crippen molar-refractivity contribution in [2.24, 2.45) is 0 Å². The highest BCUT2D eigenvalue weighted by atomic mass is 19.1. The number of amides is 1. The normalized spacial score (nSPS) is 10.3. The third-order valence-electron chi connectivity index (χ3n) is 3.48. The van der Waals surface area contributed by atoms with Crippen LogP contribution < -0.4 is 20.1 Å². The zero-order valence-electron chi connectivity index (χ0n) is 13.9. The van der Waals surface area contributed by atoms with Gasteiger partial charge in [0, 0.05) is 25.2 Å². The molecule has 7 heteroatoms. The summed E-state index contributed by atoms with van der Waals surface area (Å²) in [6.45, 7) is 1.52. The SMILES string of the molecule is COc1cc(CNCCNC(=O)O)ccc1OCc1ccccc1F. The monoisotopic (exact) mass is 348 g/mol. The van der Waals surface area contributed by atoms with Gasteiger partial charge in [-0.2, -0.15) is 0 Å².